The average molecular weight is 360 g/mol. The van der Waals surface area contributed by atoms with Gasteiger partial charge < -0.3 is 14.6 Å². The van der Waals surface area contributed by atoms with Crippen molar-refractivity contribution in [1.82, 2.24) is 10.2 Å². The van der Waals surface area contributed by atoms with E-state index in [1.807, 2.05) is 13.8 Å². The molecule has 140 valence electrons. The Morgan fingerprint density at radius 2 is 1.85 bits per heavy atom. The van der Waals surface area contributed by atoms with Crippen LogP contribution in [-0.2, 0) is 11.3 Å². The van der Waals surface area contributed by atoms with Crippen molar-refractivity contribution < 1.29 is 18.4 Å². The van der Waals surface area contributed by atoms with Gasteiger partial charge in [0, 0.05) is 25.6 Å². The minimum absolute atomic E-state index is 0.0440. The van der Waals surface area contributed by atoms with E-state index in [9.17, 15) is 14.0 Å². The quantitative estimate of drug-likeness (QED) is 0.821. The van der Waals surface area contributed by atoms with Crippen LogP contribution < -0.4 is 5.32 Å². The molecule has 1 N–H and O–H groups in total. The molecule has 0 aliphatic heterocycles. The first-order chi connectivity index (χ1) is 12.3. The van der Waals surface area contributed by atoms with Crippen LogP contribution in [0.5, 0.6) is 0 Å². The molecule has 0 radical (unpaired) electrons. The largest absolute Gasteiger partial charge is 0.466 e. The molecule has 0 unspecified atom stereocenters. The van der Waals surface area contributed by atoms with Crippen molar-refractivity contribution in [2.45, 2.75) is 46.7 Å². The van der Waals surface area contributed by atoms with Crippen LogP contribution >= 0.6 is 0 Å². The smallest absolute Gasteiger partial charge is 0.257 e. The van der Waals surface area contributed by atoms with Gasteiger partial charge >= 0.3 is 0 Å². The predicted molar refractivity (Wildman–Crippen MR) is 97.2 cm³/mol. The van der Waals surface area contributed by atoms with Crippen molar-refractivity contribution in [2.75, 3.05) is 6.54 Å². The summed E-state index contributed by atoms with van der Waals surface area (Å²) in [7, 11) is 0. The van der Waals surface area contributed by atoms with Crippen molar-refractivity contribution >= 4 is 11.8 Å². The zero-order valence-electron chi connectivity index (χ0n) is 15.6. The van der Waals surface area contributed by atoms with E-state index >= 15 is 0 Å². The maximum absolute atomic E-state index is 13.1. The van der Waals surface area contributed by atoms with E-state index in [-0.39, 0.29) is 43.2 Å². The molecule has 2 amide bonds. The van der Waals surface area contributed by atoms with Gasteiger partial charge in [-0.1, -0.05) is 12.1 Å². The van der Waals surface area contributed by atoms with E-state index in [2.05, 4.69) is 5.32 Å². The van der Waals surface area contributed by atoms with Gasteiger partial charge in [-0.3, -0.25) is 9.59 Å². The number of rotatable bonds is 7. The van der Waals surface area contributed by atoms with Crippen LogP contribution in [0.25, 0.3) is 0 Å². The summed E-state index contributed by atoms with van der Waals surface area (Å²) >= 11 is 0. The lowest BCUT2D eigenvalue weighted by Gasteiger charge is -2.23. The van der Waals surface area contributed by atoms with Crippen LogP contribution in [0.2, 0.25) is 0 Å². The summed E-state index contributed by atoms with van der Waals surface area (Å²) in [4.78, 5) is 26.5. The third kappa shape index (κ3) is 5.44. The van der Waals surface area contributed by atoms with Gasteiger partial charge in [-0.15, -0.1) is 0 Å². The van der Waals surface area contributed by atoms with Crippen molar-refractivity contribution in [3.63, 3.8) is 0 Å². The number of nitrogens with zero attached hydrogens (tertiary/aromatic N) is 1. The number of aryl methyl sites for hydroxylation is 2. The van der Waals surface area contributed by atoms with Gasteiger partial charge in [-0.05, 0) is 51.5 Å². The number of carbonyl (C=O) groups excluding carboxylic acids is 2. The first kappa shape index (κ1) is 19.7. The highest BCUT2D eigenvalue weighted by Crippen LogP contribution is 2.18. The number of halogens is 1. The third-order valence-corrected chi connectivity index (χ3v) is 3.90. The Balaban J connectivity index is 2.17. The van der Waals surface area contributed by atoms with E-state index in [4.69, 9.17) is 4.42 Å². The summed E-state index contributed by atoms with van der Waals surface area (Å²) in [5.74, 6) is 0.552. The van der Waals surface area contributed by atoms with Gasteiger partial charge in [-0.25, -0.2) is 4.39 Å². The first-order valence-electron chi connectivity index (χ1n) is 8.66. The Labute approximate surface area is 153 Å². The van der Waals surface area contributed by atoms with Crippen molar-refractivity contribution in [3.05, 3.63) is 58.8 Å². The number of nitrogens with one attached hydrogen (secondary N) is 1. The second-order valence-corrected chi connectivity index (χ2v) is 6.65. The fourth-order valence-electron chi connectivity index (χ4n) is 2.71. The number of hydrogen-bond donors (Lipinski definition) is 1. The predicted octanol–water partition coefficient (Wildman–Crippen LogP) is 3.59. The molecule has 0 atom stereocenters. The molecule has 6 heteroatoms. The van der Waals surface area contributed by atoms with E-state index in [1.54, 1.807) is 36.9 Å². The van der Waals surface area contributed by atoms with Crippen LogP contribution in [0.15, 0.2) is 34.7 Å². The lowest BCUT2D eigenvalue weighted by atomic mass is 10.1. The topological polar surface area (TPSA) is 62.6 Å². The van der Waals surface area contributed by atoms with Gasteiger partial charge in [0.25, 0.3) is 5.91 Å². The van der Waals surface area contributed by atoms with Crippen molar-refractivity contribution in [2.24, 2.45) is 0 Å². The maximum Gasteiger partial charge on any atom is 0.257 e. The number of furan rings is 1. The second kappa shape index (κ2) is 8.65. The molecule has 26 heavy (non-hydrogen) atoms. The van der Waals surface area contributed by atoms with E-state index in [0.29, 0.717) is 17.1 Å². The Bertz CT molecular complexity index is 766. The average Bonchev–Trinajstić information content (AvgIpc) is 2.90. The number of hydrogen-bond acceptors (Lipinski definition) is 3. The minimum Gasteiger partial charge on any atom is -0.466 e. The Hall–Kier alpha value is -2.63. The molecule has 0 fully saturated rings. The molecule has 0 saturated carbocycles. The van der Waals surface area contributed by atoms with Crippen LogP contribution in [0.4, 0.5) is 4.39 Å². The zero-order chi connectivity index (χ0) is 19.3. The highest BCUT2D eigenvalue weighted by atomic mass is 19.1. The summed E-state index contributed by atoms with van der Waals surface area (Å²) in [6.45, 7) is 7.84. The zero-order valence-corrected chi connectivity index (χ0v) is 15.6. The molecule has 0 aliphatic carbocycles. The SMILES string of the molecule is Cc1cc(C(=O)N(CCC(=O)NC(C)C)Cc2ccc(F)cc2)c(C)o1. The number of carbonyl (C=O) groups is 2. The molecule has 1 aromatic carbocycles. The summed E-state index contributed by atoms with van der Waals surface area (Å²) in [6.07, 6.45) is 0.195. The molecular formula is C20H25FN2O3. The third-order valence-electron chi connectivity index (χ3n) is 3.90. The first-order valence-corrected chi connectivity index (χ1v) is 8.66. The summed E-state index contributed by atoms with van der Waals surface area (Å²) in [5.41, 5.74) is 1.27. The Morgan fingerprint density at radius 3 is 2.38 bits per heavy atom. The summed E-state index contributed by atoms with van der Waals surface area (Å²) in [5, 5.41) is 2.82. The Kier molecular flexibility index (Phi) is 6.55. The van der Waals surface area contributed by atoms with Crippen molar-refractivity contribution in [1.29, 1.82) is 0 Å². The fourth-order valence-corrected chi connectivity index (χ4v) is 2.71. The van der Waals surface area contributed by atoms with Gasteiger partial charge in [0.1, 0.15) is 17.3 Å². The summed E-state index contributed by atoms with van der Waals surface area (Å²) in [6, 6.07) is 7.73. The van der Waals surface area contributed by atoms with Crippen LogP contribution in [-0.4, -0.2) is 29.3 Å². The molecule has 1 aromatic heterocycles. The molecule has 1 heterocycles. The lowest BCUT2D eigenvalue weighted by Crippen LogP contribution is -2.36. The normalized spacial score (nSPS) is 10.8. The monoisotopic (exact) mass is 360 g/mol. The van der Waals surface area contributed by atoms with Gasteiger partial charge in [0.05, 0.1) is 5.56 Å². The molecule has 0 bridgehead atoms. The van der Waals surface area contributed by atoms with E-state index in [1.165, 1.54) is 12.1 Å². The van der Waals surface area contributed by atoms with Crippen LogP contribution in [0.3, 0.4) is 0 Å². The van der Waals surface area contributed by atoms with E-state index in [0.717, 1.165) is 5.56 Å². The minimum atomic E-state index is -0.329. The highest BCUT2D eigenvalue weighted by molar-refractivity contribution is 5.95. The highest BCUT2D eigenvalue weighted by Gasteiger charge is 2.21. The standard InChI is InChI=1S/C20H25FN2O3/c1-13(2)22-19(24)9-10-23(12-16-5-7-17(21)8-6-16)20(25)18-11-14(3)26-15(18)4/h5-8,11,13H,9-10,12H2,1-4H3,(H,22,24). The number of amides is 2. The summed E-state index contributed by atoms with van der Waals surface area (Å²) < 4.78 is 18.6. The molecule has 0 aliphatic rings. The molecular weight excluding hydrogens is 335 g/mol. The second-order valence-electron chi connectivity index (χ2n) is 6.65. The van der Waals surface area contributed by atoms with Gasteiger partial charge in [-0.2, -0.15) is 0 Å². The van der Waals surface area contributed by atoms with Crippen LogP contribution in [0.1, 0.15) is 47.7 Å². The molecule has 0 spiro atoms. The Morgan fingerprint density at radius 1 is 1.19 bits per heavy atom. The molecule has 5 nitrogen and oxygen atoms in total. The molecule has 2 aromatic rings. The molecule has 2 rings (SSSR count). The molecule has 0 saturated heterocycles. The van der Waals surface area contributed by atoms with E-state index < -0.39 is 0 Å². The lowest BCUT2D eigenvalue weighted by molar-refractivity contribution is -0.121. The van der Waals surface area contributed by atoms with Gasteiger partial charge in [0.2, 0.25) is 5.91 Å². The maximum atomic E-state index is 13.1. The van der Waals surface area contributed by atoms with Crippen LogP contribution in [0, 0.1) is 19.7 Å². The number of benzene rings is 1. The fraction of sp³-hybridized carbons (Fsp3) is 0.400. The van der Waals surface area contributed by atoms with Crippen molar-refractivity contribution in [3.8, 4) is 0 Å². The van der Waals surface area contributed by atoms with Gasteiger partial charge in [0.15, 0.2) is 0 Å².